The van der Waals surface area contributed by atoms with Crippen LogP contribution in [0.3, 0.4) is 0 Å². The first-order valence-corrected chi connectivity index (χ1v) is 5.66. The Morgan fingerprint density at radius 2 is 1.82 bits per heavy atom. The van der Waals surface area contributed by atoms with Crippen molar-refractivity contribution in [2.24, 2.45) is 17.3 Å². The number of fused-ring (bicyclic) bond motifs is 1. The molecule has 92 valence electrons. The number of aliphatic hydroxyl groups excluding tert-OH is 1. The number of hydrogen-bond acceptors (Lipinski definition) is 6. The molecule has 3 fully saturated rings. The van der Waals surface area contributed by atoms with Crippen molar-refractivity contribution >= 4 is 17.9 Å². The second-order valence-corrected chi connectivity index (χ2v) is 5.04. The molecule has 0 amide bonds. The average molecular weight is 240 g/mol. The summed E-state index contributed by atoms with van der Waals surface area (Å²) in [5.41, 5.74) is -0.801. The number of carbonyl (C=O) groups excluding carboxylic acids is 3. The minimum absolute atomic E-state index is 0.205. The first-order valence-electron chi connectivity index (χ1n) is 5.66. The lowest BCUT2D eigenvalue weighted by molar-refractivity contribution is -0.160. The third-order valence-corrected chi connectivity index (χ3v) is 4.08. The molecule has 1 saturated carbocycles. The summed E-state index contributed by atoms with van der Waals surface area (Å²) in [6.07, 6.45) is 0.269. The summed E-state index contributed by atoms with van der Waals surface area (Å²) in [6, 6.07) is 0. The van der Waals surface area contributed by atoms with E-state index in [1.54, 1.807) is 0 Å². The fourth-order valence-electron chi connectivity index (χ4n) is 3.16. The van der Waals surface area contributed by atoms with E-state index in [-0.39, 0.29) is 12.8 Å². The number of rotatable bonds is 0. The summed E-state index contributed by atoms with van der Waals surface area (Å²) in [5.74, 6) is -2.46. The summed E-state index contributed by atoms with van der Waals surface area (Å²) in [7, 11) is 0. The van der Waals surface area contributed by atoms with Crippen molar-refractivity contribution in [3.05, 3.63) is 0 Å². The van der Waals surface area contributed by atoms with E-state index in [1.807, 2.05) is 0 Å². The molecule has 0 aromatic heterocycles. The number of cyclic esters (lactones) is 3. The fourth-order valence-corrected chi connectivity index (χ4v) is 3.16. The van der Waals surface area contributed by atoms with Crippen LogP contribution in [-0.4, -0.2) is 29.3 Å². The Morgan fingerprint density at radius 3 is 2.47 bits per heavy atom. The van der Waals surface area contributed by atoms with Gasteiger partial charge in [0.25, 0.3) is 0 Å². The van der Waals surface area contributed by atoms with Crippen molar-refractivity contribution in [3.8, 4) is 0 Å². The second kappa shape index (κ2) is 3.29. The number of hydrogen-bond donors (Lipinski definition) is 1. The van der Waals surface area contributed by atoms with Crippen molar-refractivity contribution in [1.29, 1.82) is 0 Å². The Balaban J connectivity index is 1.87. The SMILES string of the molecule is O=C1OC(=O)C2CC3(CCC12)CC(O)OC3=O. The fraction of sp³-hybridized carbons (Fsp3) is 0.727. The van der Waals surface area contributed by atoms with Crippen LogP contribution < -0.4 is 0 Å². The van der Waals surface area contributed by atoms with Crippen LogP contribution in [0.5, 0.6) is 0 Å². The molecule has 3 rings (SSSR count). The van der Waals surface area contributed by atoms with E-state index >= 15 is 0 Å². The zero-order valence-corrected chi connectivity index (χ0v) is 9.05. The van der Waals surface area contributed by atoms with Gasteiger partial charge in [0.05, 0.1) is 17.3 Å². The summed E-state index contributed by atoms with van der Waals surface area (Å²) in [4.78, 5) is 34.6. The maximum absolute atomic E-state index is 11.7. The molecule has 2 saturated heterocycles. The quantitative estimate of drug-likeness (QED) is 0.463. The van der Waals surface area contributed by atoms with Crippen molar-refractivity contribution in [3.63, 3.8) is 0 Å². The normalized spacial score (nSPS) is 44.8. The summed E-state index contributed by atoms with van der Waals surface area (Å²) in [6.45, 7) is 0. The van der Waals surface area contributed by atoms with E-state index in [4.69, 9.17) is 4.74 Å². The predicted molar refractivity (Wildman–Crippen MR) is 51.1 cm³/mol. The molecular weight excluding hydrogens is 228 g/mol. The van der Waals surface area contributed by atoms with E-state index in [0.29, 0.717) is 12.8 Å². The smallest absolute Gasteiger partial charge is 0.317 e. The van der Waals surface area contributed by atoms with Gasteiger partial charge in [-0.1, -0.05) is 0 Å². The lowest BCUT2D eigenvalue weighted by Crippen LogP contribution is -2.38. The summed E-state index contributed by atoms with van der Waals surface area (Å²) < 4.78 is 9.33. The van der Waals surface area contributed by atoms with Crippen LogP contribution in [0.4, 0.5) is 0 Å². The topological polar surface area (TPSA) is 89.9 Å². The largest absolute Gasteiger partial charge is 0.436 e. The van der Waals surface area contributed by atoms with Crippen LogP contribution >= 0.6 is 0 Å². The molecule has 1 spiro atoms. The standard InChI is InChI=1S/C11H12O6/c12-7-4-11(10(15)16-7)2-1-5-6(3-11)9(14)17-8(5)13/h5-7,12H,1-4H2. The molecule has 1 aliphatic carbocycles. The van der Waals surface area contributed by atoms with Crippen LogP contribution in [0.2, 0.25) is 0 Å². The highest BCUT2D eigenvalue weighted by molar-refractivity contribution is 5.97. The van der Waals surface area contributed by atoms with Crippen LogP contribution in [0.25, 0.3) is 0 Å². The van der Waals surface area contributed by atoms with Crippen LogP contribution in [0, 0.1) is 17.3 Å². The molecule has 0 bridgehead atoms. The molecule has 1 N–H and O–H groups in total. The van der Waals surface area contributed by atoms with E-state index in [2.05, 4.69) is 4.74 Å². The van der Waals surface area contributed by atoms with Gasteiger partial charge in [0.15, 0.2) is 0 Å². The van der Waals surface area contributed by atoms with Gasteiger partial charge < -0.3 is 14.6 Å². The van der Waals surface area contributed by atoms with Gasteiger partial charge in [-0.15, -0.1) is 0 Å². The van der Waals surface area contributed by atoms with Crippen LogP contribution in [0.15, 0.2) is 0 Å². The molecule has 17 heavy (non-hydrogen) atoms. The van der Waals surface area contributed by atoms with Gasteiger partial charge in [0.2, 0.25) is 6.29 Å². The third kappa shape index (κ3) is 1.40. The van der Waals surface area contributed by atoms with Gasteiger partial charge in [0.1, 0.15) is 0 Å². The highest BCUT2D eigenvalue weighted by atomic mass is 16.6. The van der Waals surface area contributed by atoms with Crippen molar-refractivity contribution < 1.29 is 29.0 Å². The second-order valence-electron chi connectivity index (χ2n) is 5.04. The Bertz CT molecular complexity index is 416. The number of esters is 3. The summed E-state index contributed by atoms with van der Waals surface area (Å²) in [5, 5.41) is 9.35. The van der Waals surface area contributed by atoms with Crippen molar-refractivity contribution in [2.45, 2.75) is 32.0 Å². The highest BCUT2D eigenvalue weighted by Gasteiger charge is 2.58. The van der Waals surface area contributed by atoms with Gasteiger partial charge >= 0.3 is 17.9 Å². The predicted octanol–water partition coefficient (Wildman–Crippen LogP) is -0.262. The molecule has 3 aliphatic rings. The van der Waals surface area contributed by atoms with Gasteiger partial charge in [0, 0.05) is 6.42 Å². The van der Waals surface area contributed by atoms with E-state index < -0.39 is 41.4 Å². The highest BCUT2D eigenvalue weighted by Crippen LogP contribution is 2.51. The first-order chi connectivity index (χ1) is 8.02. The van der Waals surface area contributed by atoms with Gasteiger partial charge in [-0.2, -0.15) is 0 Å². The molecule has 0 radical (unpaired) electrons. The van der Waals surface area contributed by atoms with Gasteiger partial charge in [-0.05, 0) is 19.3 Å². The molecular formula is C11H12O6. The lowest BCUT2D eigenvalue weighted by Gasteiger charge is -2.33. The number of carbonyl (C=O) groups is 3. The Labute approximate surface area is 96.9 Å². The van der Waals surface area contributed by atoms with E-state index in [1.165, 1.54) is 0 Å². The first kappa shape index (κ1) is 10.7. The minimum Gasteiger partial charge on any atom is -0.436 e. The molecule has 6 nitrogen and oxygen atoms in total. The number of aliphatic hydroxyl groups is 1. The molecule has 4 unspecified atom stereocenters. The molecule has 6 heteroatoms. The van der Waals surface area contributed by atoms with Crippen LogP contribution in [0.1, 0.15) is 25.7 Å². The maximum Gasteiger partial charge on any atom is 0.317 e. The van der Waals surface area contributed by atoms with Gasteiger partial charge in [-0.3, -0.25) is 14.4 Å². The Kier molecular flexibility index (Phi) is 2.07. The average Bonchev–Trinajstić information content (AvgIpc) is 2.67. The number of ether oxygens (including phenoxy) is 2. The third-order valence-electron chi connectivity index (χ3n) is 4.08. The maximum atomic E-state index is 11.7. The lowest BCUT2D eigenvalue weighted by atomic mass is 9.65. The Morgan fingerprint density at radius 1 is 1.12 bits per heavy atom. The Hall–Kier alpha value is -1.43. The van der Waals surface area contributed by atoms with E-state index in [0.717, 1.165) is 0 Å². The van der Waals surface area contributed by atoms with E-state index in [9.17, 15) is 19.5 Å². The van der Waals surface area contributed by atoms with Crippen molar-refractivity contribution in [2.75, 3.05) is 0 Å². The summed E-state index contributed by atoms with van der Waals surface area (Å²) >= 11 is 0. The molecule has 2 heterocycles. The zero-order chi connectivity index (χ0) is 12.2. The monoisotopic (exact) mass is 240 g/mol. The molecule has 2 aliphatic heterocycles. The molecule has 0 aromatic carbocycles. The van der Waals surface area contributed by atoms with Crippen molar-refractivity contribution in [1.82, 2.24) is 0 Å². The minimum atomic E-state index is -1.09. The van der Waals surface area contributed by atoms with Gasteiger partial charge in [-0.25, -0.2) is 0 Å². The molecule has 4 atom stereocenters. The zero-order valence-electron chi connectivity index (χ0n) is 9.05. The van der Waals surface area contributed by atoms with Crippen LogP contribution in [-0.2, 0) is 23.9 Å². The molecule has 0 aromatic rings.